The number of aliphatic hydroxyl groups excluding tert-OH is 2. The van der Waals surface area contributed by atoms with Crippen molar-refractivity contribution in [2.24, 2.45) is 0 Å². The number of aromatic nitrogens is 4. The second-order valence-electron chi connectivity index (χ2n) is 5.85. The van der Waals surface area contributed by atoms with Gasteiger partial charge < -0.3 is 29.5 Å². The van der Waals surface area contributed by atoms with Gasteiger partial charge in [0.2, 0.25) is 0 Å². The normalized spacial score (nSPS) is 10.4. The lowest BCUT2D eigenvalue weighted by molar-refractivity contribution is 0.0599. The summed E-state index contributed by atoms with van der Waals surface area (Å²) in [4.78, 5) is 21.8. The van der Waals surface area contributed by atoms with E-state index in [0.717, 1.165) is 0 Å². The Labute approximate surface area is 173 Å². The van der Waals surface area contributed by atoms with Crippen LogP contribution in [0, 0.1) is 6.92 Å². The van der Waals surface area contributed by atoms with Crippen molar-refractivity contribution in [3.63, 3.8) is 0 Å². The minimum absolute atomic E-state index is 0.00647. The van der Waals surface area contributed by atoms with Crippen LogP contribution < -0.4 is 0 Å². The van der Waals surface area contributed by atoms with Gasteiger partial charge in [-0.25, -0.2) is 9.59 Å². The number of hydrogen-bond donors (Lipinski definition) is 3. The minimum atomic E-state index is -0.977. The molecule has 0 spiro atoms. The molecule has 0 radical (unpaired) electrons. The molecule has 0 atom stereocenters. The van der Waals surface area contributed by atoms with Crippen molar-refractivity contribution in [3.05, 3.63) is 35.4 Å². The predicted molar refractivity (Wildman–Crippen MR) is 103 cm³/mol. The van der Waals surface area contributed by atoms with Crippen LogP contribution in [0.2, 0.25) is 0 Å². The number of rotatable bonds is 12. The Morgan fingerprint density at radius 3 is 2.10 bits per heavy atom. The second kappa shape index (κ2) is 14.2. The molecule has 0 fully saturated rings. The summed E-state index contributed by atoms with van der Waals surface area (Å²) in [5.74, 6) is -1.38. The van der Waals surface area contributed by atoms with Crippen LogP contribution in [0.4, 0.5) is 0 Å². The summed E-state index contributed by atoms with van der Waals surface area (Å²) >= 11 is 0. The molecule has 2 aromatic rings. The van der Waals surface area contributed by atoms with E-state index in [9.17, 15) is 9.59 Å². The van der Waals surface area contributed by atoms with E-state index in [2.05, 4.69) is 14.9 Å². The smallest absolute Gasteiger partial charge is 0.341 e. The zero-order valence-corrected chi connectivity index (χ0v) is 17.1. The van der Waals surface area contributed by atoms with Crippen molar-refractivity contribution in [3.8, 4) is 0 Å². The highest BCUT2D eigenvalue weighted by Crippen LogP contribution is 2.05. The molecular formula is C18H28N4O8. The Morgan fingerprint density at radius 1 is 1.00 bits per heavy atom. The first-order valence-corrected chi connectivity index (χ1v) is 9.18. The van der Waals surface area contributed by atoms with Gasteiger partial charge in [0.05, 0.1) is 77.3 Å². The molecule has 12 heteroatoms. The van der Waals surface area contributed by atoms with Gasteiger partial charge in [-0.05, 0) is 6.92 Å². The molecule has 0 aliphatic rings. The predicted octanol–water partition coefficient (Wildman–Crippen LogP) is -0.423. The maximum absolute atomic E-state index is 11.1. The third-order valence-electron chi connectivity index (χ3n) is 3.63. The molecule has 0 bridgehead atoms. The van der Waals surface area contributed by atoms with Crippen LogP contribution in [0.5, 0.6) is 0 Å². The van der Waals surface area contributed by atoms with E-state index in [1.807, 2.05) is 0 Å². The van der Waals surface area contributed by atoms with Crippen LogP contribution in [0.15, 0.2) is 18.6 Å². The number of ether oxygens (including phenoxy) is 3. The Hall–Kier alpha value is -2.80. The molecule has 0 aromatic carbocycles. The number of carbonyl (C=O) groups is 2. The fourth-order valence-electron chi connectivity index (χ4n) is 2.20. The van der Waals surface area contributed by atoms with Gasteiger partial charge in [0, 0.05) is 12.4 Å². The molecule has 12 nitrogen and oxygen atoms in total. The summed E-state index contributed by atoms with van der Waals surface area (Å²) in [6.45, 7) is 4.10. The Kier molecular flexibility index (Phi) is 12.0. The van der Waals surface area contributed by atoms with Crippen LogP contribution in [0.3, 0.4) is 0 Å². The summed E-state index contributed by atoms with van der Waals surface area (Å²) < 4.78 is 17.7. The molecule has 0 aliphatic carbocycles. The number of methoxy groups -OCH3 is 1. The van der Waals surface area contributed by atoms with Gasteiger partial charge >= 0.3 is 11.9 Å². The fraction of sp³-hybridized carbons (Fsp3) is 0.556. The summed E-state index contributed by atoms with van der Waals surface area (Å²) in [6.07, 6.45) is 4.51. The van der Waals surface area contributed by atoms with Crippen molar-refractivity contribution in [1.82, 2.24) is 19.6 Å². The van der Waals surface area contributed by atoms with Gasteiger partial charge in [0.25, 0.3) is 0 Å². The quantitative estimate of drug-likeness (QED) is 0.299. The number of carboxylic acids is 1. The molecule has 0 aliphatic heterocycles. The summed E-state index contributed by atoms with van der Waals surface area (Å²) in [6, 6.07) is 0. The monoisotopic (exact) mass is 428 g/mol. The van der Waals surface area contributed by atoms with Crippen molar-refractivity contribution in [2.45, 2.75) is 20.0 Å². The number of aromatic carboxylic acids is 1. The number of hydrogen-bond acceptors (Lipinski definition) is 9. The molecule has 0 unspecified atom stereocenters. The highest BCUT2D eigenvalue weighted by atomic mass is 16.5. The molecule has 2 aromatic heterocycles. The van der Waals surface area contributed by atoms with Gasteiger partial charge in [-0.15, -0.1) is 0 Å². The van der Waals surface area contributed by atoms with Crippen LogP contribution in [-0.4, -0.2) is 93.6 Å². The summed E-state index contributed by atoms with van der Waals surface area (Å²) in [5.41, 5.74) is 1.11. The van der Waals surface area contributed by atoms with E-state index >= 15 is 0 Å². The van der Waals surface area contributed by atoms with E-state index in [4.69, 9.17) is 24.8 Å². The lowest BCUT2D eigenvalue weighted by Gasteiger charge is -2.01. The second-order valence-corrected chi connectivity index (χ2v) is 5.85. The third kappa shape index (κ3) is 9.13. The highest BCUT2D eigenvalue weighted by Gasteiger charge is 2.11. The highest BCUT2D eigenvalue weighted by molar-refractivity contribution is 5.88. The molecule has 0 saturated heterocycles. The molecule has 0 saturated carbocycles. The maximum atomic E-state index is 11.1. The standard InChI is InChI=1S/2C9H14N2O4/c1-14-9(13)8-6-10-11(7-8)2-4-15-5-3-12;1-7-8(9(13)14)6-11(10-7)2-4-15-5-3-12/h6-7,12H,2-5H2,1H3;6,12H,2-5H2,1H3,(H,13,14). The van der Waals surface area contributed by atoms with Crippen LogP contribution in [0.25, 0.3) is 0 Å². The Bertz CT molecular complexity index is 774. The average Bonchev–Trinajstić information content (AvgIpc) is 3.35. The lowest BCUT2D eigenvalue weighted by atomic mass is 10.3. The lowest BCUT2D eigenvalue weighted by Crippen LogP contribution is -2.08. The van der Waals surface area contributed by atoms with Crippen LogP contribution >= 0.6 is 0 Å². The molecular weight excluding hydrogens is 400 g/mol. The first-order chi connectivity index (χ1) is 14.4. The zero-order valence-electron chi connectivity index (χ0n) is 17.1. The SMILES string of the molecule is COC(=O)c1cnn(CCOCCO)c1.Cc1nn(CCOCCO)cc1C(=O)O. The number of carboxylic acid groups (broad SMARTS) is 1. The maximum Gasteiger partial charge on any atom is 0.341 e. The van der Waals surface area contributed by atoms with Crippen molar-refractivity contribution in [1.29, 1.82) is 0 Å². The van der Waals surface area contributed by atoms with E-state index in [-0.39, 0.29) is 25.4 Å². The first kappa shape index (κ1) is 25.2. The molecule has 3 N–H and O–H groups in total. The van der Waals surface area contributed by atoms with Gasteiger partial charge in [0.15, 0.2) is 0 Å². The van der Waals surface area contributed by atoms with Gasteiger partial charge in [-0.1, -0.05) is 0 Å². The molecule has 2 heterocycles. The van der Waals surface area contributed by atoms with E-state index in [1.165, 1.54) is 24.2 Å². The van der Waals surface area contributed by atoms with E-state index in [1.54, 1.807) is 17.8 Å². The van der Waals surface area contributed by atoms with Crippen molar-refractivity contribution in [2.75, 3.05) is 46.8 Å². The number of nitrogens with zero attached hydrogens (tertiary/aromatic N) is 4. The van der Waals surface area contributed by atoms with Crippen LogP contribution in [-0.2, 0) is 27.3 Å². The largest absolute Gasteiger partial charge is 0.478 e. The molecule has 168 valence electrons. The average molecular weight is 428 g/mol. The Morgan fingerprint density at radius 2 is 1.60 bits per heavy atom. The Balaban J connectivity index is 0.000000300. The van der Waals surface area contributed by atoms with Crippen molar-refractivity contribution >= 4 is 11.9 Å². The minimum Gasteiger partial charge on any atom is -0.478 e. The number of aryl methyl sites for hydroxylation is 1. The topological polar surface area (TPSA) is 158 Å². The van der Waals surface area contributed by atoms with E-state index < -0.39 is 11.9 Å². The van der Waals surface area contributed by atoms with Gasteiger partial charge in [-0.2, -0.15) is 10.2 Å². The molecule has 2 rings (SSSR count). The van der Waals surface area contributed by atoms with Gasteiger partial charge in [-0.3, -0.25) is 9.36 Å². The zero-order chi connectivity index (χ0) is 22.4. The van der Waals surface area contributed by atoms with Crippen LogP contribution in [0.1, 0.15) is 26.4 Å². The number of aliphatic hydroxyl groups is 2. The fourth-order valence-corrected chi connectivity index (χ4v) is 2.20. The first-order valence-electron chi connectivity index (χ1n) is 9.18. The molecule has 0 amide bonds. The summed E-state index contributed by atoms with van der Waals surface area (Å²) in [7, 11) is 1.32. The van der Waals surface area contributed by atoms with E-state index in [0.29, 0.717) is 44.2 Å². The number of carbonyl (C=O) groups excluding carboxylic acids is 1. The molecule has 30 heavy (non-hydrogen) atoms. The third-order valence-corrected chi connectivity index (χ3v) is 3.63. The summed E-state index contributed by atoms with van der Waals surface area (Å²) in [5, 5.41) is 33.7. The number of esters is 1. The van der Waals surface area contributed by atoms with Gasteiger partial charge in [0.1, 0.15) is 5.56 Å². The van der Waals surface area contributed by atoms with Crippen molar-refractivity contribution < 1.29 is 39.1 Å².